The molecule has 1 aliphatic carbocycles. The Morgan fingerprint density at radius 2 is 2.00 bits per heavy atom. The lowest BCUT2D eigenvalue weighted by Crippen LogP contribution is -2.53. The Morgan fingerprint density at radius 3 is 2.50 bits per heavy atom. The quantitative estimate of drug-likeness (QED) is 0.697. The minimum atomic E-state index is -1.12. The van der Waals surface area contributed by atoms with Gasteiger partial charge in [-0.3, -0.25) is 9.59 Å². The number of hydrogen-bond donors (Lipinski definition) is 1. The van der Waals surface area contributed by atoms with Crippen molar-refractivity contribution in [3.63, 3.8) is 0 Å². The second kappa shape index (κ2) is 3.73. The van der Waals surface area contributed by atoms with Gasteiger partial charge < -0.3 is 14.7 Å². The molecule has 1 heterocycles. The van der Waals surface area contributed by atoms with Gasteiger partial charge in [0.25, 0.3) is 0 Å². The van der Waals surface area contributed by atoms with Gasteiger partial charge in [-0.05, 0) is 26.7 Å². The number of carboxylic acid groups (broad SMARTS) is 1. The van der Waals surface area contributed by atoms with Crippen molar-refractivity contribution in [2.24, 2.45) is 5.41 Å². The van der Waals surface area contributed by atoms with Crippen LogP contribution in [-0.2, 0) is 14.3 Å². The molecule has 2 aliphatic rings. The summed E-state index contributed by atoms with van der Waals surface area (Å²) in [6, 6.07) is -0.0273. The average molecular weight is 227 g/mol. The molecule has 5 nitrogen and oxygen atoms in total. The van der Waals surface area contributed by atoms with Crippen molar-refractivity contribution in [1.29, 1.82) is 0 Å². The van der Waals surface area contributed by atoms with Crippen molar-refractivity contribution < 1.29 is 19.4 Å². The molecule has 5 heteroatoms. The highest BCUT2D eigenvalue weighted by Crippen LogP contribution is 2.48. The summed E-state index contributed by atoms with van der Waals surface area (Å²) in [5.74, 6) is -1.22. The van der Waals surface area contributed by atoms with Crippen LogP contribution in [0.2, 0.25) is 0 Å². The number of morpholine rings is 1. The Morgan fingerprint density at radius 1 is 1.38 bits per heavy atom. The molecule has 0 aromatic heterocycles. The average Bonchev–Trinajstić information content (AvgIpc) is 3.01. The van der Waals surface area contributed by atoms with Gasteiger partial charge in [-0.25, -0.2) is 0 Å². The maximum atomic E-state index is 12.2. The SMILES string of the molecule is CC1CN(C(=O)C2(C(=O)O)CC2)C(C)CO1. The number of rotatable bonds is 2. The van der Waals surface area contributed by atoms with Gasteiger partial charge in [0.05, 0.1) is 18.8 Å². The van der Waals surface area contributed by atoms with Crippen molar-refractivity contribution in [2.75, 3.05) is 13.2 Å². The van der Waals surface area contributed by atoms with Gasteiger partial charge in [0.2, 0.25) is 5.91 Å². The molecule has 2 fully saturated rings. The van der Waals surface area contributed by atoms with E-state index in [1.165, 1.54) is 0 Å². The van der Waals surface area contributed by atoms with E-state index in [4.69, 9.17) is 9.84 Å². The number of ether oxygens (including phenoxy) is 1. The molecular weight excluding hydrogens is 210 g/mol. The Bertz CT molecular complexity index is 324. The van der Waals surface area contributed by atoms with E-state index in [-0.39, 0.29) is 18.1 Å². The molecule has 0 spiro atoms. The number of carboxylic acids is 1. The first kappa shape index (κ1) is 11.4. The Labute approximate surface area is 94.4 Å². The zero-order valence-corrected chi connectivity index (χ0v) is 9.60. The fourth-order valence-electron chi connectivity index (χ4n) is 2.11. The van der Waals surface area contributed by atoms with Crippen molar-refractivity contribution in [3.05, 3.63) is 0 Å². The Kier molecular flexibility index (Phi) is 2.66. The number of nitrogens with zero attached hydrogens (tertiary/aromatic N) is 1. The van der Waals surface area contributed by atoms with Crippen LogP contribution in [0.15, 0.2) is 0 Å². The normalized spacial score (nSPS) is 32.2. The van der Waals surface area contributed by atoms with E-state index in [1.54, 1.807) is 4.90 Å². The van der Waals surface area contributed by atoms with Crippen molar-refractivity contribution in [1.82, 2.24) is 4.90 Å². The first-order valence-electron chi connectivity index (χ1n) is 5.63. The summed E-state index contributed by atoms with van der Waals surface area (Å²) in [7, 11) is 0. The number of aliphatic carboxylic acids is 1. The summed E-state index contributed by atoms with van der Waals surface area (Å²) >= 11 is 0. The summed E-state index contributed by atoms with van der Waals surface area (Å²) < 4.78 is 5.42. The Hall–Kier alpha value is -1.10. The molecule has 90 valence electrons. The molecule has 0 bridgehead atoms. The molecule has 1 saturated carbocycles. The van der Waals surface area contributed by atoms with Crippen LogP contribution in [0.5, 0.6) is 0 Å². The summed E-state index contributed by atoms with van der Waals surface area (Å²) in [5, 5.41) is 9.08. The van der Waals surface area contributed by atoms with E-state index < -0.39 is 11.4 Å². The smallest absolute Gasteiger partial charge is 0.319 e. The maximum Gasteiger partial charge on any atom is 0.319 e. The number of carbonyl (C=O) groups excluding carboxylic acids is 1. The second-order valence-corrected chi connectivity index (χ2v) is 4.84. The minimum absolute atomic E-state index is 0.00950. The van der Waals surface area contributed by atoms with Crippen molar-refractivity contribution in [3.8, 4) is 0 Å². The van der Waals surface area contributed by atoms with Gasteiger partial charge in [0.15, 0.2) is 0 Å². The third-order valence-electron chi connectivity index (χ3n) is 3.44. The molecule has 1 amide bonds. The van der Waals surface area contributed by atoms with Crippen LogP contribution in [0.1, 0.15) is 26.7 Å². The molecule has 1 saturated heterocycles. The van der Waals surface area contributed by atoms with E-state index in [0.29, 0.717) is 26.0 Å². The highest BCUT2D eigenvalue weighted by molar-refractivity contribution is 6.05. The third kappa shape index (κ3) is 1.69. The fraction of sp³-hybridized carbons (Fsp3) is 0.818. The molecule has 16 heavy (non-hydrogen) atoms. The highest BCUT2D eigenvalue weighted by Gasteiger charge is 2.59. The van der Waals surface area contributed by atoms with Gasteiger partial charge >= 0.3 is 5.97 Å². The van der Waals surface area contributed by atoms with Crippen molar-refractivity contribution in [2.45, 2.75) is 38.8 Å². The topological polar surface area (TPSA) is 66.8 Å². The molecule has 0 aromatic rings. The predicted molar refractivity (Wildman–Crippen MR) is 55.9 cm³/mol. The minimum Gasteiger partial charge on any atom is -0.480 e. The summed E-state index contributed by atoms with van der Waals surface area (Å²) in [6.07, 6.45) is 0.934. The zero-order valence-electron chi connectivity index (χ0n) is 9.60. The molecule has 0 aromatic carbocycles. The summed E-state index contributed by atoms with van der Waals surface area (Å²) in [4.78, 5) is 24.9. The monoisotopic (exact) mass is 227 g/mol. The van der Waals surface area contributed by atoms with Gasteiger partial charge in [0, 0.05) is 6.54 Å². The van der Waals surface area contributed by atoms with Crippen LogP contribution in [0.4, 0.5) is 0 Å². The van der Waals surface area contributed by atoms with Gasteiger partial charge in [-0.2, -0.15) is 0 Å². The number of hydrogen-bond acceptors (Lipinski definition) is 3. The molecule has 2 unspecified atom stereocenters. The zero-order chi connectivity index (χ0) is 11.9. The molecule has 0 radical (unpaired) electrons. The van der Waals surface area contributed by atoms with Crippen LogP contribution in [0, 0.1) is 5.41 Å². The molecule has 1 N–H and O–H groups in total. The van der Waals surface area contributed by atoms with Crippen LogP contribution >= 0.6 is 0 Å². The largest absolute Gasteiger partial charge is 0.480 e. The molecular formula is C11H17NO4. The number of carbonyl (C=O) groups is 2. The molecule has 2 atom stereocenters. The first-order valence-corrected chi connectivity index (χ1v) is 5.63. The lowest BCUT2D eigenvalue weighted by atomic mass is 10.0. The van der Waals surface area contributed by atoms with E-state index in [9.17, 15) is 9.59 Å². The lowest BCUT2D eigenvalue weighted by Gasteiger charge is -2.38. The van der Waals surface area contributed by atoms with Gasteiger partial charge in [-0.1, -0.05) is 0 Å². The fourth-order valence-corrected chi connectivity index (χ4v) is 2.11. The van der Waals surface area contributed by atoms with Crippen LogP contribution in [0.25, 0.3) is 0 Å². The molecule has 1 aliphatic heterocycles. The second-order valence-electron chi connectivity index (χ2n) is 4.84. The van der Waals surface area contributed by atoms with E-state index in [1.807, 2.05) is 13.8 Å². The maximum absolute atomic E-state index is 12.2. The summed E-state index contributed by atoms with van der Waals surface area (Å²) in [6.45, 7) is 4.77. The standard InChI is InChI=1S/C11H17NO4/c1-7-6-16-8(2)5-12(7)9(13)11(3-4-11)10(14)15/h7-8H,3-6H2,1-2H3,(H,14,15). The lowest BCUT2D eigenvalue weighted by molar-refractivity contribution is -0.159. The van der Waals surface area contributed by atoms with Gasteiger partial charge in [0.1, 0.15) is 5.41 Å². The van der Waals surface area contributed by atoms with Gasteiger partial charge in [-0.15, -0.1) is 0 Å². The van der Waals surface area contributed by atoms with Crippen LogP contribution in [-0.4, -0.2) is 47.2 Å². The van der Waals surface area contributed by atoms with E-state index in [2.05, 4.69) is 0 Å². The molecule has 2 rings (SSSR count). The van der Waals surface area contributed by atoms with E-state index in [0.717, 1.165) is 0 Å². The highest BCUT2D eigenvalue weighted by atomic mass is 16.5. The summed E-state index contributed by atoms with van der Waals surface area (Å²) in [5.41, 5.74) is -1.12. The van der Waals surface area contributed by atoms with Crippen molar-refractivity contribution >= 4 is 11.9 Å². The van der Waals surface area contributed by atoms with Crippen LogP contribution in [0.3, 0.4) is 0 Å². The van der Waals surface area contributed by atoms with E-state index >= 15 is 0 Å². The first-order chi connectivity index (χ1) is 7.47. The number of amides is 1. The third-order valence-corrected chi connectivity index (χ3v) is 3.44. The van der Waals surface area contributed by atoms with Crippen LogP contribution < -0.4 is 0 Å². The Balaban J connectivity index is 2.12. The predicted octanol–water partition coefficient (Wildman–Crippen LogP) is 0.487.